The number of pyridine rings is 2. The second-order valence-electron chi connectivity index (χ2n) is 4.50. The summed E-state index contributed by atoms with van der Waals surface area (Å²) in [4.78, 5) is 8.77. The average molecular weight is 308 g/mol. The molecule has 2 atom stereocenters. The van der Waals surface area contributed by atoms with Gasteiger partial charge in [0.05, 0.1) is 23.3 Å². The van der Waals surface area contributed by atoms with E-state index in [0.29, 0.717) is 6.04 Å². The molecule has 0 bridgehead atoms. The zero-order valence-electron chi connectivity index (χ0n) is 10.1. The summed E-state index contributed by atoms with van der Waals surface area (Å²) in [5.41, 5.74) is 2.82. The van der Waals surface area contributed by atoms with Crippen molar-refractivity contribution in [3.05, 3.63) is 29.0 Å². The van der Waals surface area contributed by atoms with Crippen molar-refractivity contribution in [2.75, 3.05) is 11.9 Å². The van der Waals surface area contributed by atoms with Crippen LogP contribution in [0.25, 0.3) is 11.0 Å². The van der Waals surface area contributed by atoms with Gasteiger partial charge in [0.1, 0.15) is 5.52 Å². The topological polar surface area (TPSA) is 47.0 Å². The fourth-order valence-corrected chi connectivity index (χ4v) is 2.56. The summed E-state index contributed by atoms with van der Waals surface area (Å²) in [5.74, 6) is 0. The first-order chi connectivity index (χ1) is 8.74. The maximum absolute atomic E-state index is 5.56. The number of nitrogens with zero attached hydrogens (tertiary/aromatic N) is 2. The molecular weight excluding hydrogens is 294 g/mol. The van der Waals surface area contributed by atoms with Crippen LogP contribution in [0.3, 0.4) is 0 Å². The van der Waals surface area contributed by atoms with Crippen LogP contribution in [-0.2, 0) is 4.74 Å². The Bertz CT molecular complexity index is 575. The van der Waals surface area contributed by atoms with Gasteiger partial charge in [-0.05, 0) is 41.4 Å². The lowest BCUT2D eigenvalue weighted by Gasteiger charge is -2.18. The average Bonchev–Trinajstić information content (AvgIpc) is 2.75. The summed E-state index contributed by atoms with van der Waals surface area (Å²) in [5, 5.41) is 3.51. The first-order valence-electron chi connectivity index (χ1n) is 6.02. The SMILES string of the molecule is CC1OCCC1Nc1ccnc2cc(Br)cnc12. The van der Waals surface area contributed by atoms with Crippen molar-refractivity contribution in [2.24, 2.45) is 0 Å². The Kier molecular flexibility index (Phi) is 3.18. The number of aromatic nitrogens is 2. The van der Waals surface area contributed by atoms with E-state index in [-0.39, 0.29) is 6.10 Å². The van der Waals surface area contributed by atoms with Gasteiger partial charge in [0, 0.05) is 23.5 Å². The summed E-state index contributed by atoms with van der Waals surface area (Å²) >= 11 is 3.41. The summed E-state index contributed by atoms with van der Waals surface area (Å²) in [6, 6.07) is 4.29. The number of halogens is 1. The van der Waals surface area contributed by atoms with Crippen molar-refractivity contribution in [1.29, 1.82) is 0 Å². The van der Waals surface area contributed by atoms with Crippen LogP contribution in [-0.4, -0.2) is 28.7 Å². The smallest absolute Gasteiger partial charge is 0.112 e. The number of fused-ring (bicyclic) bond motifs is 1. The summed E-state index contributed by atoms with van der Waals surface area (Å²) < 4.78 is 6.50. The predicted octanol–water partition coefficient (Wildman–Crippen LogP) is 2.98. The molecule has 5 heteroatoms. The van der Waals surface area contributed by atoms with Gasteiger partial charge in [-0.2, -0.15) is 0 Å². The molecule has 0 aromatic carbocycles. The molecule has 2 aromatic heterocycles. The predicted molar refractivity (Wildman–Crippen MR) is 74.7 cm³/mol. The van der Waals surface area contributed by atoms with Gasteiger partial charge >= 0.3 is 0 Å². The minimum Gasteiger partial charge on any atom is -0.378 e. The zero-order chi connectivity index (χ0) is 12.5. The van der Waals surface area contributed by atoms with Gasteiger partial charge in [0.15, 0.2) is 0 Å². The lowest BCUT2D eigenvalue weighted by Crippen LogP contribution is -2.26. The van der Waals surface area contributed by atoms with Gasteiger partial charge in [0.2, 0.25) is 0 Å². The third kappa shape index (κ3) is 2.20. The van der Waals surface area contributed by atoms with E-state index in [0.717, 1.165) is 34.2 Å². The molecule has 1 N–H and O–H groups in total. The maximum atomic E-state index is 5.56. The lowest BCUT2D eigenvalue weighted by molar-refractivity contribution is 0.121. The number of ether oxygens (including phenoxy) is 1. The molecule has 18 heavy (non-hydrogen) atoms. The molecule has 4 nitrogen and oxygen atoms in total. The molecule has 0 spiro atoms. The molecule has 2 unspecified atom stereocenters. The highest BCUT2D eigenvalue weighted by Crippen LogP contribution is 2.25. The molecule has 0 saturated carbocycles. The van der Waals surface area contributed by atoms with Crippen molar-refractivity contribution < 1.29 is 4.74 Å². The Morgan fingerprint density at radius 3 is 3.11 bits per heavy atom. The van der Waals surface area contributed by atoms with E-state index in [2.05, 4.69) is 38.1 Å². The van der Waals surface area contributed by atoms with Gasteiger partial charge in [0.25, 0.3) is 0 Å². The van der Waals surface area contributed by atoms with Gasteiger partial charge in [-0.3, -0.25) is 9.97 Å². The Morgan fingerprint density at radius 1 is 1.44 bits per heavy atom. The van der Waals surface area contributed by atoms with Gasteiger partial charge < -0.3 is 10.1 Å². The first-order valence-corrected chi connectivity index (χ1v) is 6.82. The third-order valence-electron chi connectivity index (χ3n) is 3.26. The Balaban J connectivity index is 1.96. The van der Waals surface area contributed by atoms with Crippen LogP contribution >= 0.6 is 15.9 Å². The molecule has 1 fully saturated rings. The van der Waals surface area contributed by atoms with E-state index < -0.39 is 0 Å². The minimum atomic E-state index is 0.240. The minimum absolute atomic E-state index is 0.240. The number of hydrogen-bond donors (Lipinski definition) is 1. The molecule has 2 aromatic rings. The van der Waals surface area contributed by atoms with Gasteiger partial charge in [-0.25, -0.2) is 0 Å². The highest BCUT2D eigenvalue weighted by Gasteiger charge is 2.24. The van der Waals surface area contributed by atoms with Crippen LogP contribution in [0.2, 0.25) is 0 Å². The van der Waals surface area contributed by atoms with E-state index in [9.17, 15) is 0 Å². The van der Waals surface area contributed by atoms with Crippen molar-refractivity contribution >= 4 is 32.7 Å². The highest BCUT2D eigenvalue weighted by molar-refractivity contribution is 9.10. The van der Waals surface area contributed by atoms with Crippen LogP contribution < -0.4 is 5.32 Å². The molecule has 1 saturated heterocycles. The Morgan fingerprint density at radius 2 is 2.33 bits per heavy atom. The molecule has 3 heterocycles. The van der Waals surface area contributed by atoms with Crippen LogP contribution in [0, 0.1) is 0 Å². The molecule has 1 aliphatic heterocycles. The summed E-state index contributed by atoms with van der Waals surface area (Å²) in [6.45, 7) is 2.92. The van der Waals surface area contributed by atoms with Gasteiger partial charge in [-0.15, -0.1) is 0 Å². The van der Waals surface area contributed by atoms with Crippen LogP contribution in [0.4, 0.5) is 5.69 Å². The summed E-state index contributed by atoms with van der Waals surface area (Å²) in [6.07, 6.45) is 4.87. The molecule has 94 valence electrons. The van der Waals surface area contributed by atoms with Crippen molar-refractivity contribution in [2.45, 2.75) is 25.5 Å². The van der Waals surface area contributed by atoms with Crippen LogP contribution in [0.1, 0.15) is 13.3 Å². The molecule has 0 amide bonds. The van der Waals surface area contributed by atoms with Crippen LogP contribution in [0.5, 0.6) is 0 Å². The number of anilines is 1. The lowest BCUT2D eigenvalue weighted by atomic mass is 10.1. The monoisotopic (exact) mass is 307 g/mol. The first kappa shape index (κ1) is 11.9. The Hall–Kier alpha value is -1.20. The van der Waals surface area contributed by atoms with E-state index in [1.807, 2.05) is 12.1 Å². The molecule has 0 radical (unpaired) electrons. The molecule has 3 rings (SSSR count). The number of nitrogens with one attached hydrogen (secondary N) is 1. The zero-order valence-corrected chi connectivity index (χ0v) is 11.6. The molecule has 1 aliphatic rings. The number of rotatable bonds is 2. The fraction of sp³-hybridized carbons (Fsp3) is 0.385. The van der Waals surface area contributed by atoms with E-state index in [1.54, 1.807) is 12.4 Å². The highest BCUT2D eigenvalue weighted by atomic mass is 79.9. The molecular formula is C13H14BrN3O. The largest absolute Gasteiger partial charge is 0.378 e. The maximum Gasteiger partial charge on any atom is 0.112 e. The van der Waals surface area contributed by atoms with Crippen molar-refractivity contribution in [1.82, 2.24) is 9.97 Å². The van der Waals surface area contributed by atoms with Crippen molar-refractivity contribution in [3.63, 3.8) is 0 Å². The molecule has 0 aliphatic carbocycles. The van der Waals surface area contributed by atoms with Crippen LogP contribution in [0.15, 0.2) is 29.0 Å². The summed E-state index contributed by atoms with van der Waals surface area (Å²) in [7, 11) is 0. The quantitative estimate of drug-likeness (QED) is 0.926. The van der Waals surface area contributed by atoms with E-state index >= 15 is 0 Å². The second-order valence-corrected chi connectivity index (χ2v) is 5.41. The second kappa shape index (κ2) is 4.82. The fourth-order valence-electron chi connectivity index (χ4n) is 2.24. The Labute approximate surface area is 114 Å². The normalized spacial score (nSPS) is 23.4. The van der Waals surface area contributed by atoms with E-state index in [1.165, 1.54) is 0 Å². The van der Waals surface area contributed by atoms with E-state index in [4.69, 9.17) is 4.74 Å². The third-order valence-corrected chi connectivity index (χ3v) is 3.69. The van der Waals surface area contributed by atoms with Crippen molar-refractivity contribution in [3.8, 4) is 0 Å². The number of hydrogen-bond acceptors (Lipinski definition) is 4. The standard InChI is InChI=1S/C13H14BrN3O/c1-8-10(3-5-18-8)17-11-2-4-15-12-6-9(14)7-16-13(11)12/h2,4,6-8,10H,3,5H2,1H3,(H,15,17). The van der Waals surface area contributed by atoms with Gasteiger partial charge in [-0.1, -0.05) is 0 Å².